The zero-order valence-corrected chi connectivity index (χ0v) is 36.7. The van der Waals surface area contributed by atoms with Gasteiger partial charge in [-0.25, -0.2) is 4.57 Å². The monoisotopic (exact) mass is 805 g/mol. The molecule has 0 heterocycles. The van der Waals surface area contributed by atoms with Crippen molar-refractivity contribution in [3.8, 4) is 0 Å². The molecule has 0 bridgehead atoms. The van der Waals surface area contributed by atoms with E-state index in [0.29, 0.717) is 23.9 Å². The van der Waals surface area contributed by atoms with E-state index in [1.807, 2.05) is 27.2 Å². The van der Waals surface area contributed by atoms with Crippen LogP contribution in [0.3, 0.4) is 0 Å². The number of likely N-dealkylation sites (N-methyl/N-ethyl adjacent to an activating group) is 1. The van der Waals surface area contributed by atoms with Gasteiger partial charge in [-0.3, -0.25) is 18.6 Å². The average molecular weight is 805 g/mol. The third kappa shape index (κ3) is 40.8. The Balaban J connectivity index is 4.55. The molecule has 0 radical (unpaired) electrons. The molecular weight excluding hydrogens is 725 g/mol. The van der Waals surface area contributed by atoms with Gasteiger partial charge in [-0.1, -0.05) is 131 Å². The largest absolute Gasteiger partial charge is 0.472 e. The molecule has 0 aromatic rings. The van der Waals surface area contributed by atoms with Crippen LogP contribution < -0.4 is 0 Å². The zero-order chi connectivity index (χ0) is 41.4. The van der Waals surface area contributed by atoms with Crippen LogP contribution in [-0.4, -0.2) is 74.9 Å². The molecule has 0 aliphatic heterocycles. The normalized spacial score (nSPS) is 14.5. The van der Waals surface area contributed by atoms with Crippen LogP contribution in [0, 0.1) is 0 Å². The molecule has 10 heteroatoms. The molecule has 0 aromatic carbocycles. The second-order valence-corrected chi connectivity index (χ2v) is 16.4. The molecule has 0 amide bonds. The van der Waals surface area contributed by atoms with Crippen molar-refractivity contribution in [3.05, 3.63) is 85.1 Å². The minimum atomic E-state index is -4.40. The van der Waals surface area contributed by atoms with Crippen molar-refractivity contribution in [3.63, 3.8) is 0 Å². The van der Waals surface area contributed by atoms with Crippen LogP contribution in [0.2, 0.25) is 0 Å². The van der Waals surface area contributed by atoms with Crippen LogP contribution in [-0.2, 0) is 32.7 Å². The lowest BCUT2D eigenvalue weighted by atomic mass is 10.1. The third-order valence-corrected chi connectivity index (χ3v) is 9.39. The van der Waals surface area contributed by atoms with E-state index in [2.05, 4.69) is 92.8 Å². The highest BCUT2D eigenvalue weighted by atomic mass is 31.2. The van der Waals surface area contributed by atoms with E-state index in [1.54, 1.807) is 0 Å². The van der Waals surface area contributed by atoms with Crippen molar-refractivity contribution in [1.82, 2.24) is 0 Å². The van der Waals surface area contributed by atoms with Crippen molar-refractivity contribution in [2.75, 3.05) is 47.5 Å². The summed E-state index contributed by atoms with van der Waals surface area (Å²) < 4.78 is 34.2. The quantitative estimate of drug-likeness (QED) is 0.0217. The van der Waals surface area contributed by atoms with Gasteiger partial charge in [0, 0.05) is 12.8 Å². The summed E-state index contributed by atoms with van der Waals surface area (Å²) >= 11 is 0. The molecule has 56 heavy (non-hydrogen) atoms. The van der Waals surface area contributed by atoms with Crippen LogP contribution in [0.15, 0.2) is 85.1 Å². The Bertz CT molecular complexity index is 1230. The van der Waals surface area contributed by atoms with E-state index in [9.17, 15) is 19.0 Å². The number of ether oxygens (including phenoxy) is 2. The molecular formula is C46H79NO8P+. The second-order valence-electron chi connectivity index (χ2n) is 15.0. The molecule has 320 valence electrons. The number of phosphoric acid groups is 1. The first-order valence-electron chi connectivity index (χ1n) is 21.3. The summed E-state index contributed by atoms with van der Waals surface area (Å²) in [6.07, 6.45) is 47.9. The molecule has 0 spiro atoms. The van der Waals surface area contributed by atoms with Gasteiger partial charge >= 0.3 is 19.8 Å². The van der Waals surface area contributed by atoms with Crippen LogP contribution in [0.1, 0.15) is 142 Å². The van der Waals surface area contributed by atoms with E-state index in [4.69, 9.17) is 18.5 Å². The Morgan fingerprint density at radius 1 is 0.571 bits per heavy atom. The average Bonchev–Trinajstić information content (AvgIpc) is 3.15. The van der Waals surface area contributed by atoms with Gasteiger partial charge in [0.25, 0.3) is 0 Å². The Hall–Kier alpha value is -2.81. The number of quaternary nitrogens is 1. The number of hydrogen-bond acceptors (Lipinski definition) is 7. The third-order valence-electron chi connectivity index (χ3n) is 8.41. The van der Waals surface area contributed by atoms with Crippen molar-refractivity contribution < 1.29 is 42.1 Å². The number of unbranched alkanes of at least 4 members (excludes halogenated alkanes) is 9. The summed E-state index contributed by atoms with van der Waals surface area (Å²) in [6.45, 7) is 4.17. The van der Waals surface area contributed by atoms with Crippen LogP contribution in [0.4, 0.5) is 0 Å². The van der Waals surface area contributed by atoms with Gasteiger partial charge in [0.15, 0.2) is 6.10 Å². The lowest BCUT2D eigenvalue weighted by Crippen LogP contribution is -2.37. The van der Waals surface area contributed by atoms with Crippen LogP contribution in [0.25, 0.3) is 0 Å². The van der Waals surface area contributed by atoms with E-state index < -0.39 is 32.5 Å². The highest BCUT2D eigenvalue weighted by Crippen LogP contribution is 2.43. The van der Waals surface area contributed by atoms with E-state index >= 15 is 0 Å². The minimum absolute atomic E-state index is 0.0124. The number of carbonyl (C=O) groups excluding carboxylic acids is 2. The first kappa shape index (κ1) is 53.2. The predicted molar refractivity (Wildman–Crippen MR) is 233 cm³/mol. The van der Waals surface area contributed by atoms with E-state index in [0.717, 1.165) is 64.2 Å². The maximum atomic E-state index is 12.7. The van der Waals surface area contributed by atoms with Crippen LogP contribution >= 0.6 is 7.82 Å². The fourth-order valence-corrected chi connectivity index (χ4v) is 5.82. The smallest absolute Gasteiger partial charge is 0.462 e. The number of allylic oxidation sites excluding steroid dienone is 14. The van der Waals surface area contributed by atoms with E-state index in [-0.39, 0.29) is 26.1 Å². The fraction of sp³-hybridized carbons (Fsp3) is 0.652. The lowest BCUT2D eigenvalue weighted by Gasteiger charge is -2.24. The summed E-state index contributed by atoms with van der Waals surface area (Å²) in [7, 11) is 1.41. The molecule has 9 nitrogen and oxygen atoms in total. The van der Waals surface area contributed by atoms with Crippen molar-refractivity contribution in [2.24, 2.45) is 0 Å². The van der Waals surface area contributed by atoms with Crippen molar-refractivity contribution >= 4 is 19.8 Å². The van der Waals surface area contributed by atoms with Crippen molar-refractivity contribution in [1.29, 1.82) is 0 Å². The Labute approximate surface area is 341 Å². The van der Waals surface area contributed by atoms with Gasteiger partial charge < -0.3 is 18.9 Å². The zero-order valence-electron chi connectivity index (χ0n) is 35.8. The number of phosphoric ester groups is 1. The first-order chi connectivity index (χ1) is 27.0. The topological polar surface area (TPSA) is 108 Å². The molecule has 0 aliphatic carbocycles. The fourth-order valence-electron chi connectivity index (χ4n) is 5.08. The molecule has 1 unspecified atom stereocenters. The molecule has 2 atom stereocenters. The van der Waals surface area contributed by atoms with Crippen LogP contribution in [0.5, 0.6) is 0 Å². The number of esters is 2. The predicted octanol–water partition coefficient (Wildman–Crippen LogP) is 12.0. The van der Waals surface area contributed by atoms with Crippen molar-refractivity contribution in [2.45, 2.75) is 148 Å². The molecule has 1 N–H and O–H groups in total. The number of hydrogen-bond donors (Lipinski definition) is 1. The van der Waals surface area contributed by atoms with Gasteiger partial charge in [-0.2, -0.15) is 0 Å². The van der Waals surface area contributed by atoms with Gasteiger partial charge in [-0.05, 0) is 83.5 Å². The summed E-state index contributed by atoms with van der Waals surface area (Å²) in [6, 6.07) is 0. The molecule has 0 saturated carbocycles. The maximum Gasteiger partial charge on any atom is 0.472 e. The molecule has 0 aromatic heterocycles. The lowest BCUT2D eigenvalue weighted by molar-refractivity contribution is -0.870. The van der Waals surface area contributed by atoms with Gasteiger partial charge in [-0.15, -0.1) is 0 Å². The van der Waals surface area contributed by atoms with E-state index in [1.165, 1.54) is 38.5 Å². The second kappa shape index (κ2) is 37.7. The molecule has 0 rings (SSSR count). The number of carbonyl (C=O) groups is 2. The summed E-state index contributed by atoms with van der Waals surface area (Å²) in [4.78, 5) is 35.3. The Kier molecular flexibility index (Phi) is 35.9. The SMILES string of the molecule is CC/C=C/C/C=C/C/C=C/C/C=C/C/C=C/CCCC(=O)OC[C@H](COP(=O)(O)OCC[N+](C)(C)C)OC(=O)CCCC/C=C/C/C=C/CCCCCCCC. The van der Waals surface area contributed by atoms with Gasteiger partial charge in [0.05, 0.1) is 27.7 Å². The first-order valence-corrected chi connectivity index (χ1v) is 22.8. The number of rotatable bonds is 37. The highest BCUT2D eigenvalue weighted by molar-refractivity contribution is 7.47. The molecule has 0 aliphatic rings. The highest BCUT2D eigenvalue weighted by Gasteiger charge is 2.27. The number of nitrogens with zero attached hydrogens (tertiary/aromatic N) is 1. The summed E-state index contributed by atoms with van der Waals surface area (Å²) in [5.74, 6) is -0.915. The minimum Gasteiger partial charge on any atom is -0.462 e. The summed E-state index contributed by atoms with van der Waals surface area (Å²) in [5.41, 5.74) is 0. The maximum absolute atomic E-state index is 12.7. The summed E-state index contributed by atoms with van der Waals surface area (Å²) in [5, 5.41) is 0. The van der Waals surface area contributed by atoms with Gasteiger partial charge in [0.2, 0.25) is 0 Å². The molecule has 0 saturated heterocycles. The molecule has 0 fully saturated rings. The van der Waals surface area contributed by atoms with Gasteiger partial charge in [0.1, 0.15) is 19.8 Å². The standard InChI is InChI=1S/C46H78NO8P/c1-6-8-10-12-14-16-18-20-22-23-25-26-28-30-32-34-36-38-45(48)52-42-44(43-54-56(50,51)53-41-40-47(3,4)5)55-46(49)39-37-35-33-31-29-27-24-21-19-17-15-13-11-9-7-2/h8,10,14,16,20-22,24-26,29-32,44H,6-7,9,11-13,15,17-19,23,27-28,33-43H2,1-5H3/p+1/b10-8+,16-14+,22-20+,24-21+,26-25+,31-29+,32-30+/t44-/m1/s1. The Morgan fingerprint density at radius 2 is 1.04 bits per heavy atom. The Morgan fingerprint density at radius 3 is 1.57 bits per heavy atom.